The molecule has 0 saturated heterocycles. The Kier molecular flexibility index (Phi) is 18.1. The number of carboxylic acid groups (broad SMARTS) is 1. The summed E-state index contributed by atoms with van der Waals surface area (Å²) in [7, 11) is 1.43. The molecule has 0 radical (unpaired) electrons. The summed E-state index contributed by atoms with van der Waals surface area (Å²) < 4.78 is 4.49. The van der Waals surface area contributed by atoms with Crippen molar-refractivity contribution < 1.29 is 19.4 Å². The number of hydrogen-bond donors (Lipinski definition) is 1. The van der Waals surface area contributed by atoms with E-state index in [1.165, 1.54) is 26.4 Å². The molecule has 1 N–H and O–H groups in total. The van der Waals surface area contributed by atoms with Crippen molar-refractivity contribution >= 4 is 11.9 Å². The van der Waals surface area contributed by atoms with Crippen molar-refractivity contribution in [1.29, 1.82) is 0 Å². The number of hydrogen-bond acceptors (Lipinski definition) is 3. The summed E-state index contributed by atoms with van der Waals surface area (Å²) in [4.78, 5) is 20.5. The molecule has 0 aliphatic carbocycles. The predicted octanol–water partition coefficient (Wildman–Crippen LogP) is 4.17. The minimum Gasteiger partial charge on any atom is -0.481 e. The molecule has 0 rings (SSSR count). The van der Waals surface area contributed by atoms with Crippen molar-refractivity contribution in [1.82, 2.24) is 0 Å². The van der Waals surface area contributed by atoms with Gasteiger partial charge in [0.25, 0.3) is 0 Å². The van der Waals surface area contributed by atoms with Gasteiger partial charge < -0.3 is 9.84 Å². The van der Waals surface area contributed by atoms with Crippen LogP contribution in [0, 0.1) is 0 Å². The Hall–Kier alpha value is -1.06. The molecule has 0 aromatic heterocycles. The molecule has 0 amide bonds. The number of carbonyl (C=O) groups excluding carboxylic acids is 1. The molecule has 0 unspecified atom stereocenters. The summed E-state index contributed by atoms with van der Waals surface area (Å²) in [5.41, 5.74) is 0. The predicted molar refractivity (Wildman–Crippen MR) is 77.2 cm³/mol. The zero-order chi connectivity index (χ0) is 14.9. The minimum absolute atomic E-state index is 0.0869. The molecule has 0 saturated carbocycles. The van der Waals surface area contributed by atoms with Gasteiger partial charge in [0.1, 0.15) is 0 Å². The number of esters is 1. The first-order valence-corrected chi connectivity index (χ1v) is 7.37. The standard InChI is InChI=1S/C8H16O2.C7H14O2/c1-3-4-5-6-7-8(9)10-2;1-2-3-4-5-6-7(8)9/h3-7H2,1-2H3;2-6H2,1H3,(H,8,9). The van der Waals surface area contributed by atoms with Crippen molar-refractivity contribution in [3.63, 3.8) is 0 Å². The van der Waals surface area contributed by atoms with Gasteiger partial charge in [-0.1, -0.05) is 52.4 Å². The van der Waals surface area contributed by atoms with Crippen LogP contribution in [0.25, 0.3) is 0 Å². The summed E-state index contributed by atoms with van der Waals surface area (Å²) in [5, 5.41) is 8.21. The molecule has 0 aromatic rings. The van der Waals surface area contributed by atoms with E-state index in [1.54, 1.807) is 0 Å². The van der Waals surface area contributed by atoms with E-state index in [9.17, 15) is 9.59 Å². The molecule has 0 aliphatic rings. The fraction of sp³-hybridized carbons (Fsp3) is 0.867. The van der Waals surface area contributed by atoms with Crippen LogP contribution in [0.1, 0.15) is 78.1 Å². The van der Waals surface area contributed by atoms with Crippen molar-refractivity contribution in [2.24, 2.45) is 0 Å². The van der Waals surface area contributed by atoms with E-state index in [0.717, 1.165) is 32.1 Å². The highest BCUT2D eigenvalue weighted by Gasteiger charge is 1.97. The maximum absolute atomic E-state index is 10.6. The Balaban J connectivity index is 0. The first kappa shape index (κ1) is 20.3. The lowest BCUT2D eigenvalue weighted by Gasteiger charge is -1.97. The number of methoxy groups -OCH3 is 1. The summed E-state index contributed by atoms with van der Waals surface area (Å²) >= 11 is 0. The number of carboxylic acids is 1. The number of rotatable bonds is 10. The second-order valence-electron chi connectivity index (χ2n) is 4.59. The highest BCUT2D eigenvalue weighted by Crippen LogP contribution is 2.02. The van der Waals surface area contributed by atoms with Crippen molar-refractivity contribution in [2.45, 2.75) is 78.1 Å². The lowest BCUT2D eigenvalue weighted by Crippen LogP contribution is -1.98. The number of unbranched alkanes of at least 4 members (excludes halogenated alkanes) is 6. The van der Waals surface area contributed by atoms with Gasteiger partial charge in [-0.25, -0.2) is 0 Å². The molecule has 0 spiro atoms. The molecule has 0 bridgehead atoms. The number of aliphatic carboxylic acids is 1. The van der Waals surface area contributed by atoms with Gasteiger partial charge in [0.2, 0.25) is 0 Å². The third-order valence-corrected chi connectivity index (χ3v) is 2.71. The van der Waals surface area contributed by atoms with Gasteiger partial charge >= 0.3 is 11.9 Å². The van der Waals surface area contributed by atoms with Gasteiger partial charge in [-0.15, -0.1) is 0 Å². The quantitative estimate of drug-likeness (QED) is 0.479. The Morgan fingerprint density at radius 1 is 0.842 bits per heavy atom. The Morgan fingerprint density at radius 3 is 1.68 bits per heavy atom. The fourth-order valence-corrected chi connectivity index (χ4v) is 1.50. The summed E-state index contributed by atoms with van der Waals surface area (Å²) in [6.07, 6.45) is 9.68. The smallest absolute Gasteiger partial charge is 0.305 e. The molecule has 19 heavy (non-hydrogen) atoms. The van der Waals surface area contributed by atoms with Crippen LogP contribution in [0.5, 0.6) is 0 Å². The highest BCUT2D eigenvalue weighted by molar-refractivity contribution is 5.68. The monoisotopic (exact) mass is 274 g/mol. The van der Waals surface area contributed by atoms with E-state index >= 15 is 0 Å². The zero-order valence-corrected chi connectivity index (χ0v) is 12.7. The lowest BCUT2D eigenvalue weighted by atomic mass is 10.2. The SMILES string of the molecule is CCCCCCC(=O)O.CCCCCCC(=O)OC. The molecule has 4 heteroatoms. The van der Waals surface area contributed by atoms with E-state index in [2.05, 4.69) is 18.6 Å². The molecule has 0 atom stereocenters. The largest absolute Gasteiger partial charge is 0.481 e. The van der Waals surface area contributed by atoms with Crippen LogP contribution < -0.4 is 0 Å². The molecule has 0 aromatic carbocycles. The second kappa shape index (κ2) is 16.9. The van der Waals surface area contributed by atoms with E-state index in [1.807, 2.05) is 0 Å². The zero-order valence-electron chi connectivity index (χ0n) is 12.7. The molecular formula is C15H30O4. The number of ether oxygens (including phenoxy) is 1. The Labute approximate surface area is 117 Å². The average molecular weight is 274 g/mol. The van der Waals surface area contributed by atoms with Gasteiger partial charge in [-0.05, 0) is 12.8 Å². The molecular weight excluding hydrogens is 244 g/mol. The third kappa shape index (κ3) is 22.6. The molecule has 0 fully saturated rings. The van der Waals surface area contributed by atoms with E-state index in [4.69, 9.17) is 5.11 Å². The van der Waals surface area contributed by atoms with Crippen LogP contribution in [-0.4, -0.2) is 24.2 Å². The Bertz CT molecular complexity index is 214. The summed E-state index contributed by atoms with van der Waals surface area (Å²) in [6, 6.07) is 0. The van der Waals surface area contributed by atoms with Crippen LogP contribution in [0.15, 0.2) is 0 Å². The second-order valence-corrected chi connectivity index (χ2v) is 4.59. The van der Waals surface area contributed by atoms with E-state index in [-0.39, 0.29) is 5.97 Å². The van der Waals surface area contributed by atoms with Gasteiger partial charge in [0.15, 0.2) is 0 Å². The fourth-order valence-electron chi connectivity index (χ4n) is 1.50. The normalized spacial score (nSPS) is 9.42. The molecule has 0 heterocycles. The summed E-state index contributed by atoms with van der Waals surface area (Å²) in [5.74, 6) is -0.762. The van der Waals surface area contributed by atoms with Crippen LogP contribution in [0.3, 0.4) is 0 Å². The minimum atomic E-state index is -0.675. The van der Waals surface area contributed by atoms with Gasteiger partial charge in [-0.2, -0.15) is 0 Å². The van der Waals surface area contributed by atoms with Gasteiger partial charge in [0, 0.05) is 12.8 Å². The van der Waals surface area contributed by atoms with E-state index in [0.29, 0.717) is 12.8 Å². The van der Waals surface area contributed by atoms with Crippen molar-refractivity contribution in [3.05, 3.63) is 0 Å². The average Bonchev–Trinajstić information content (AvgIpc) is 2.40. The topological polar surface area (TPSA) is 63.6 Å². The maximum Gasteiger partial charge on any atom is 0.305 e. The third-order valence-electron chi connectivity index (χ3n) is 2.71. The molecule has 4 nitrogen and oxygen atoms in total. The van der Waals surface area contributed by atoms with Crippen LogP contribution in [0.4, 0.5) is 0 Å². The van der Waals surface area contributed by atoms with Crippen LogP contribution in [0.2, 0.25) is 0 Å². The maximum atomic E-state index is 10.6. The first-order chi connectivity index (χ1) is 9.08. The van der Waals surface area contributed by atoms with Crippen molar-refractivity contribution in [2.75, 3.05) is 7.11 Å². The molecule has 0 aliphatic heterocycles. The summed E-state index contributed by atoms with van der Waals surface area (Å²) in [6.45, 7) is 4.26. The Morgan fingerprint density at radius 2 is 1.32 bits per heavy atom. The highest BCUT2D eigenvalue weighted by atomic mass is 16.5. The van der Waals surface area contributed by atoms with Crippen LogP contribution in [-0.2, 0) is 14.3 Å². The first-order valence-electron chi connectivity index (χ1n) is 7.37. The van der Waals surface area contributed by atoms with Gasteiger partial charge in [-0.3, -0.25) is 9.59 Å². The molecule has 114 valence electrons. The van der Waals surface area contributed by atoms with E-state index < -0.39 is 5.97 Å². The van der Waals surface area contributed by atoms with Crippen LogP contribution >= 0.6 is 0 Å². The lowest BCUT2D eigenvalue weighted by molar-refractivity contribution is -0.140. The number of carbonyl (C=O) groups is 2. The van der Waals surface area contributed by atoms with Crippen molar-refractivity contribution in [3.8, 4) is 0 Å². The van der Waals surface area contributed by atoms with Gasteiger partial charge in [0.05, 0.1) is 7.11 Å².